The van der Waals surface area contributed by atoms with Crippen molar-refractivity contribution >= 4 is 15.9 Å². The third-order valence-corrected chi connectivity index (χ3v) is 5.99. The fourth-order valence-corrected chi connectivity index (χ4v) is 3.64. The van der Waals surface area contributed by atoms with Gasteiger partial charge in [0.25, 0.3) is 0 Å². The minimum absolute atomic E-state index is 0.0542. The van der Waals surface area contributed by atoms with Gasteiger partial charge in [0, 0.05) is 19.7 Å². The zero-order chi connectivity index (χ0) is 21.9. The number of aryl methyl sites for hydroxylation is 1. The Bertz CT molecular complexity index is 1130. The number of carbonyl (C=O) groups is 1. The van der Waals surface area contributed by atoms with Crippen LogP contribution in [-0.2, 0) is 21.4 Å². The maximum absolute atomic E-state index is 13.2. The van der Waals surface area contributed by atoms with Gasteiger partial charge >= 0.3 is 0 Å². The number of hydrogen-bond donors (Lipinski definition) is 0. The van der Waals surface area contributed by atoms with E-state index in [1.807, 2.05) is 31.2 Å². The number of nitrogens with zero attached hydrogens (tertiary/aromatic N) is 4. The smallest absolute Gasteiger partial charge is 0.246 e. The number of likely N-dealkylation sites (N-methyl/N-ethyl adjacent to an activating group) is 2. The molecule has 158 valence electrons. The third-order valence-electron chi connectivity index (χ3n) is 4.73. The van der Waals surface area contributed by atoms with Gasteiger partial charge < -0.3 is 9.42 Å². The summed E-state index contributed by atoms with van der Waals surface area (Å²) in [5.74, 6) is 0.294. The van der Waals surface area contributed by atoms with Crippen molar-refractivity contribution < 1.29 is 17.7 Å². The minimum Gasteiger partial charge on any atom is -0.337 e. The van der Waals surface area contributed by atoms with Gasteiger partial charge in [0.1, 0.15) is 6.04 Å². The molecule has 0 fully saturated rings. The molecular weight excluding hydrogens is 404 g/mol. The summed E-state index contributed by atoms with van der Waals surface area (Å²) in [5, 5.41) is 3.99. The van der Waals surface area contributed by atoms with E-state index in [-0.39, 0.29) is 12.4 Å². The molecule has 1 amide bonds. The molecule has 0 bridgehead atoms. The van der Waals surface area contributed by atoms with Gasteiger partial charge in [-0.05, 0) is 18.6 Å². The SMILES string of the molecule is Cc1cccc(-c2noc(CN(C)C(=O)[C@@H](c3ccccc3)N(C)S(C)(=O)=O)n2)c1. The van der Waals surface area contributed by atoms with Gasteiger partial charge in [-0.25, -0.2) is 8.42 Å². The van der Waals surface area contributed by atoms with Crippen LogP contribution < -0.4 is 0 Å². The van der Waals surface area contributed by atoms with Crippen LogP contribution in [0, 0.1) is 6.92 Å². The van der Waals surface area contributed by atoms with Crippen molar-refractivity contribution in [3.8, 4) is 11.4 Å². The molecule has 0 saturated carbocycles. The summed E-state index contributed by atoms with van der Waals surface area (Å²) >= 11 is 0. The Labute approximate surface area is 176 Å². The fourth-order valence-electron chi connectivity index (χ4n) is 3.04. The van der Waals surface area contributed by atoms with Crippen molar-refractivity contribution in [2.24, 2.45) is 0 Å². The molecule has 1 atom stereocenters. The summed E-state index contributed by atoms with van der Waals surface area (Å²) in [4.78, 5) is 18.9. The highest BCUT2D eigenvalue weighted by Gasteiger charge is 2.33. The lowest BCUT2D eigenvalue weighted by atomic mass is 10.1. The molecule has 3 rings (SSSR count). The van der Waals surface area contributed by atoms with Crippen molar-refractivity contribution in [2.75, 3.05) is 20.4 Å². The Hall–Kier alpha value is -3.04. The first kappa shape index (κ1) is 21.7. The van der Waals surface area contributed by atoms with Gasteiger partial charge in [-0.15, -0.1) is 0 Å². The quantitative estimate of drug-likeness (QED) is 0.574. The van der Waals surface area contributed by atoms with E-state index in [2.05, 4.69) is 10.1 Å². The summed E-state index contributed by atoms with van der Waals surface area (Å²) in [6, 6.07) is 15.5. The van der Waals surface area contributed by atoms with Crippen LogP contribution in [0.15, 0.2) is 59.1 Å². The highest BCUT2D eigenvalue weighted by molar-refractivity contribution is 7.88. The molecule has 1 aromatic heterocycles. The van der Waals surface area contributed by atoms with Crippen molar-refractivity contribution in [2.45, 2.75) is 19.5 Å². The van der Waals surface area contributed by atoms with Gasteiger partial charge in [0.2, 0.25) is 27.6 Å². The zero-order valence-electron chi connectivity index (χ0n) is 17.3. The topological polar surface area (TPSA) is 96.6 Å². The number of aromatic nitrogens is 2. The second kappa shape index (κ2) is 8.76. The Morgan fingerprint density at radius 3 is 2.43 bits per heavy atom. The highest BCUT2D eigenvalue weighted by Crippen LogP contribution is 2.25. The number of carbonyl (C=O) groups excluding carboxylic acids is 1. The molecule has 3 aromatic rings. The summed E-state index contributed by atoms with van der Waals surface area (Å²) in [6.45, 7) is 2.03. The van der Waals surface area contributed by atoms with Crippen LogP contribution in [0.2, 0.25) is 0 Å². The highest BCUT2D eigenvalue weighted by atomic mass is 32.2. The van der Waals surface area contributed by atoms with E-state index >= 15 is 0 Å². The Morgan fingerprint density at radius 2 is 1.80 bits per heavy atom. The third kappa shape index (κ3) is 4.92. The first-order chi connectivity index (χ1) is 14.2. The average molecular weight is 429 g/mol. The number of hydrogen-bond acceptors (Lipinski definition) is 6. The predicted octanol–water partition coefficient (Wildman–Crippen LogP) is 2.64. The van der Waals surface area contributed by atoms with Crippen molar-refractivity contribution in [3.05, 3.63) is 71.6 Å². The molecule has 0 aliphatic heterocycles. The number of benzene rings is 2. The number of rotatable bonds is 7. The molecule has 8 nitrogen and oxygen atoms in total. The largest absolute Gasteiger partial charge is 0.337 e. The molecule has 1 heterocycles. The second-order valence-corrected chi connectivity index (χ2v) is 9.21. The van der Waals surface area contributed by atoms with Crippen LogP contribution in [0.3, 0.4) is 0 Å². The minimum atomic E-state index is -3.60. The molecule has 0 aliphatic carbocycles. The van der Waals surface area contributed by atoms with Crippen molar-refractivity contribution in [1.29, 1.82) is 0 Å². The lowest BCUT2D eigenvalue weighted by molar-refractivity contribution is -0.134. The van der Waals surface area contributed by atoms with E-state index < -0.39 is 22.0 Å². The normalized spacial score (nSPS) is 12.7. The van der Waals surface area contributed by atoms with E-state index in [9.17, 15) is 13.2 Å². The van der Waals surface area contributed by atoms with Crippen LogP contribution in [-0.4, -0.2) is 54.0 Å². The standard InChI is InChI=1S/C21H24N4O4S/c1-15-9-8-12-17(13-15)20-22-18(29-23-20)14-24(2)21(26)19(25(3)30(4,27)28)16-10-6-5-7-11-16/h5-13,19H,14H2,1-4H3/t19-/m1/s1. The number of sulfonamides is 1. The summed E-state index contributed by atoms with van der Waals surface area (Å²) < 4.78 is 30.6. The van der Waals surface area contributed by atoms with Gasteiger partial charge in [-0.1, -0.05) is 59.3 Å². The van der Waals surface area contributed by atoms with Gasteiger partial charge in [0.15, 0.2) is 0 Å². The first-order valence-corrected chi connectivity index (χ1v) is 11.1. The van der Waals surface area contributed by atoms with E-state index in [0.717, 1.165) is 21.7 Å². The van der Waals surface area contributed by atoms with Crippen molar-refractivity contribution in [3.63, 3.8) is 0 Å². The second-order valence-electron chi connectivity index (χ2n) is 7.17. The lowest BCUT2D eigenvalue weighted by Gasteiger charge is -2.29. The van der Waals surface area contributed by atoms with Crippen LogP contribution in [0.1, 0.15) is 23.1 Å². The molecule has 0 aliphatic rings. The summed E-state index contributed by atoms with van der Waals surface area (Å²) in [7, 11) is -0.639. The number of amides is 1. The van der Waals surface area contributed by atoms with E-state index in [4.69, 9.17) is 4.52 Å². The first-order valence-electron chi connectivity index (χ1n) is 9.29. The van der Waals surface area contributed by atoms with Gasteiger partial charge in [-0.3, -0.25) is 4.79 Å². The molecule has 0 N–H and O–H groups in total. The summed E-state index contributed by atoms with van der Waals surface area (Å²) in [6.07, 6.45) is 1.07. The van der Waals surface area contributed by atoms with Crippen LogP contribution >= 0.6 is 0 Å². The maximum atomic E-state index is 13.2. The molecule has 0 unspecified atom stereocenters. The Morgan fingerprint density at radius 1 is 1.10 bits per heavy atom. The monoisotopic (exact) mass is 428 g/mol. The predicted molar refractivity (Wildman–Crippen MR) is 113 cm³/mol. The molecule has 0 saturated heterocycles. The van der Waals surface area contributed by atoms with E-state index in [1.165, 1.54) is 11.9 Å². The van der Waals surface area contributed by atoms with Crippen LogP contribution in [0.4, 0.5) is 0 Å². The van der Waals surface area contributed by atoms with Crippen LogP contribution in [0.25, 0.3) is 11.4 Å². The fraction of sp³-hybridized carbons (Fsp3) is 0.286. The molecule has 0 spiro atoms. The summed E-state index contributed by atoms with van der Waals surface area (Å²) in [5.41, 5.74) is 2.46. The Kier molecular flexibility index (Phi) is 6.33. The van der Waals surface area contributed by atoms with Gasteiger partial charge in [0.05, 0.1) is 12.8 Å². The van der Waals surface area contributed by atoms with E-state index in [0.29, 0.717) is 11.4 Å². The van der Waals surface area contributed by atoms with Gasteiger partial charge in [-0.2, -0.15) is 9.29 Å². The zero-order valence-corrected chi connectivity index (χ0v) is 18.1. The average Bonchev–Trinajstić information content (AvgIpc) is 3.16. The van der Waals surface area contributed by atoms with Crippen LogP contribution in [0.5, 0.6) is 0 Å². The molecule has 2 aromatic carbocycles. The maximum Gasteiger partial charge on any atom is 0.246 e. The van der Waals surface area contributed by atoms with Crippen molar-refractivity contribution in [1.82, 2.24) is 19.3 Å². The Balaban J connectivity index is 1.82. The van der Waals surface area contributed by atoms with E-state index in [1.54, 1.807) is 37.4 Å². The molecule has 0 radical (unpaired) electrons. The lowest BCUT2D eigenvalue weighted by Crippen LogP contribution is -2.41. The molecule has 9 heteroatoms. The molecule has 30 heavy (non-hydrogen) atoms. The molecular formula is C21H24N4O4S.